The van der Waals surface area contributed by atoms with Gasteiger partial charge in [-0.25, -0.2) is 0 Å². The van der Waals surface area contributed by atoms with Gasteiger partial charge in [0.1, 0.15) is 11.1 Å². The minimum Gasteiger partial charge on any atom is -0.316 e. The Balaban J connectivity index is 1.86. The zero-order valence-electron chi connectivity index (χ0n) is 14.7. The van der Waals surface area contributed by atoms with Gasteiger partial charge in [0.15, 0.2) is 0 Å². The van der Waals surface area contributed by atoms with Crippen LogP contribution in [0.1, 0.15) is 66.5 Å². The molecular weight excluding hydrogens is 328 g/mol. The van der Waals surface area contributed by atoms with Crippen molar-refractivity contribution in [3.05, 3.63) is 51.9 Å². The van der Waals surface area contributed by atoms with Crippen molar-refractivity contribution in [2.75, 3.05) is 5.32 Å². The molecule has 1 aromatic heterocycles. The van der Waals surface area contributed by atoms with Crippen molar-refractivity contribution in [2.45, 2.75) is 57.8 Å². The third-order valence-electron chi connectivity index (χ3n) is 4.95. The van der Waals surface area contributed by atoms with Crippen molar-refractivity contribution in [3.63, 3.8) is 0 Å². The van der Waals surface area contributed by atoms with Crippen molar-refractivity contribution < 1.29 is 4.79 Å². The molecule has 0 fully saturated rings. The Kier molecular flexibility index (Phi) is 5.88. The average molecular weight is 353 g/mol. The number of amides is 1. The maximum Gasteiger partial charge on any atom is 0.232 e. The summed E-state index contributed by atoms with van der Waals surface area (Å²) in [5, 5.41) is 13.5. The highest BCUT2D eigenvalue weighted by Gasteiger charge is 2.24. The molecule has 0 bridgehead atoms. The number of nitriles is 1. The van der Waals surface area contributed by atoms with E-state index in [1.807, 2.05) is 37.3 Å². The van der Waals surface area contributed by atoms with Crippen LogP contribution in [0.15, 0.2) is 30.3 Å². The second-order valence-electron chi connectivity index (χ2n) is 6.59. The average Bonchev–Trinajstić information content (AvgIpc) is 2.92. The maximum absolute atomic E-state index is 12.8. The van der Waals surface area contributed by atoms with Gasteiger partial charge >= 0.3 is 0 Å². The second-order valence-corrected chi connectivity index (χ2v) is 7.70. The lowest BCUT2D eigenvalue weighted by atomic mass is 9.95. The van der Waals surface area contributed by atoms with Crippen LogP contribution in [0.25, 0.3) is 0 Å². The van der Waals surface area contributed by atoms with Crippen LogP contribution < -0.4 is 5.32 Å². The molecule has 3 rings (SSSR count). The van der Waals surface area contributed by atoms with Crippen molar-refractivity contribution in [1.29, 1.82) is 5.26 Å². The number of anilines is 1. The molecule has 1 aliphatic rings. The molecule has 0 saturated carbocycles. The van der Waals surface area contributed by atoms with Crippen molar-refractivity contribution in [3.8, 4) is 6.07 Å². The predicted molar refractivity (Wildman–Crippen MR) is 103 cm³/mol. The Morgan fingerprint density at radius 1 is 1.20 bits per heavy atom. The van der Waals surface area contributed by atoms with Crippen LogP contribution in [0, 0.1) is 11.3 Å². The largest absolute Gasteiger partial charge is 0.316 e. The van der Waals surface area contributed by atoms with E-state index in [2.05, 4.69) is 11.4 Å². The van der Waals surface area contributed by atoms with Gasteiger partial charge in [0.25, 0.3) is 0 Å². The first-order valence-electron chi connectivity index (χ1n) is 9.15. The lowest BCUT2D eigenvalue weighted by molar-refractivity contribution is -0.117. The van der Waals surface area contributed by atoms with E-state index in [0.29, 0.717) is 5.56 Å². The Morgan fingerprint density at radius 2 is 1.92 bits per heavy atom. The fourth-order valence-corrected chi connectivity index (χ4v) is 4.83. The van der Waals surface area contributed by atoms with Crippen LogP contribution in [0.2, 0.25) is 0 Å². The molecule has 4 heteroatoms. The molecule has 3 nitrogen and oxygen atoms in total. The highest BCUT2D eigenvalue weighted by Crippen LogP contribution is 2.37. The maximum atomic E-state index is 12.8. The van der Waals surface area contributed by atoms with Crippen molar-refractivity contribution in [1.82, 2.24) is 0 Å². The third kappa shape index (κ3) is 3.93. The van der Waals surface area contributed by atoms with E-state index in [4.69, 9.17) is 0 Å². The number of fused-ring (bicyclic) bond motifs is 1. The molecular formula is C21H24N2OS. The summed E-state index contributed by atoms with van der Waals surface area (Å²) in [5.74, 6) is -0.197. The lowest BCUT2D eigenvalue weighted by Gasteiger charge is -2.14. The minimum atomic E-state index is -0.183. The number of hydrogen-bond donors (Lipinski definition) is 1. The molecule has 0 unspecified atom stereocenters. The molecule has 1 N–H and O–H groups in total. The third-order valence-corrected chi connectivity index (χ3v) is 6.15. The summed E-state index contributed by atoms with van der Waals surface area (Å²) in [6, 6.07) is 12.2. The number of hydrogen-bond acceptors (Lipinski definition) is 3. The highest BCUT2D eigenvalue weighted by molar-refractivity contribution is 7.16. The molecule has 1 aromatic carbocycles. The molecule has 1 amide bonds. The first-order valence-corrected chi connectivity index (χ1v) is 9.96. The normalized spacial score (nSPS) is 15.4. The Labute approximate surface area is 153 Å². The quantitative estimate of drug-likeness (QED) is 0.799. The number of carbonyl (C=O) groups excluding carboxylic acids is 1. The van der Waals surface area contributed by atoms with Crippen LogP contribution in [0.4, 0.5) is 5.00 Å². The van der Waals surface area contributed by atoms with E-state index in [0.717, 1.165) is 36.2 Å². The minimum absolute atomic E-state index is 0.0144. The summed E-state index contributed by atoms with van der Waals surface area (Å²) >= 11 is 1.61. The summed E-state index contributed by atoms with van der Waals surface area (Å²) in [6.45, 7) is 2.02. The predicted octanol–water partition coefficient (Wildman–Crippen LogP) is 5.41. The number of nitrogens with zero attached hydrogens (tertiary/aromatic N) is 1. The van der Waals surface area contributed by atoms with Gasteiger partial charge < -0.3 is 5.32 Å². The lowest BCUT2D eigenvalue weighted by Crippen LogP contribution is -2.20. The van der Waals surface area contributed by atoms with Crippen LogP contribution in [-0.4, -0.2) is 5.91 Å². The van der Waals surface area contributed by atoms with E-state index in [1.54, 1.807) is 11.3 Å². The molecule has 1 aliphatic carbocycles. The monoisotopic (exact) mass is 352 g/mol. The SMILES string of the molecule is CC[C@H](C(=O)Nc1sc2c(c1C#N)CCCCCC2)c1ccccc1. The van der Waals surface area contributed by atoms with Gasteiger partial charge in [-0.2, -0.15) is 5.26 Å². The second kappa shape index (κ2) is 8.31. The number of rotatable bonds is 4. The molecule has 1 atom stereocenters. The number of nitrogens with one attached hydrogen (secondary N) is 1. The number of thiophene rings is 1. The van der Waals surface area contributed by atoms with Crippen LogP contribution >= 0.6 is 11.3 Å². The van der Waals surface area contributed by atoms with Gasteiger partial charge in [-0.15, -0.1) is 11.3 Å². The van der Waals surface area contributed by atoms with E-state index in [9.17, 15) is 10.1 Å². The molecule has 0 radical (unpaired) electrons. The van der Waals surface area contributed by atoms with Gasteiger partial charge in [-0.1, -0.05) is 50.1 Å². The molecule has 0 spiro atoms. The van der Waals surface area contributed by atoms with E-state index in [1.165, 1.54) is 29.7 Å². The number of aryl methyl sites for hydroxylation is 1. The molecule has 0 saturated heterocycles. The number of carbonyl (C=O) groups is 1. The molecule has 1 heterocycles. The summed E-state index contributed by atoms with van der Waals surface area (Å²) in [6.07, 6.45) is 7.52. The summed E-state index contributed by atoms with van der Waals surface area (Å²) in [5.41, 5.74) is 2.89. The van der Waals surface area contributed by atoms with Gasteiger partial charge in [-0.05, 0) is 43.2 Å². The van der Waals surface area contributed by atoms with E-state index < -0.39 is 0 Å². The van der Waals surface area contributed by atoms with E-state index >= 15 is 0 Å². The van der Waals surface area contributed by atoms with Crippen molar-refractivity contribution >= 4 is 22.2 Å². The van der Waals surface area contributed by atoms with Gasteiger partial charge in [0, 0.05) is 4.88 Å². The first-order chi connectivity index (χ1) is 12.2. The number of benzene rings is 1. The molecule has 130 valence electrons. The zero-order valence-corrected chi connectivity index (χ0v) is 15.5. The molecule has 25 heavy (non-hydrogen) atoms. The molecule has 0 aliphatic heterocycles. The molecule has 2 aromatic rings. The fraction of sp³-hybridized carbons (Fsp3) is 0.429. The Hall–Kier alpha value is -2.12. The standard InChI is InChI=1S/C21H24N2OS/c1-2-16(15-10-6-5-7-11-15)20(24)23-21-18(14-22)17-12-8-3-4-9-13-19(17)25-21/h5-7,10-11,16H,2-4,8-9,12-13H2,1H3,(H,23,24)/t16-/m0/s1. The highest BCUT2D eigenvalue weighted by atomic mass is 32.1. The topological polar surface area (TPSA) is 52.9 Å². The van der Waals surface area contributed by atoms with E-state index in [-0.39, 0.29) is 11.8 Å². The summed E-state index contributed by atoms with van der Waals surface area (Å²) < 4.78 is 0. The van der Waals surface area contributed by atoms with Crippen molar-refractivity contribution in [2.24, 2.45) is 0 Å². The Bertz CT molecular complexity index is 773. The fourth-order valence-electron chi connectivity index (χ4n) is 3.58. The summed E-state index contributed by atoms with van der Waals surface area (Å²) in [4.78, 5) is 14.1. The Morgan fingerprint density at radius 3 is 2.60 bits per heavy atom. The first kappa shape index (κ1) is 17.7. The zero-order chi connectivity index (χ0) is 17.6. The van der Waals surface area contributed by atoms with Gasteiger partial charge in [0.05, 0.1) is 11.5 Å². The van der Waals surface area contributed by atoms with Gasteiger partial charge in [-0.3, -0.25) is 4.79 Å². The van der Waals surface area contributed by atoms with Crippen LogP contribution in [-0.2, 0) is 17.6 Å². The van der Waals surface area contributed by atoms with Crippen LogP contribution in [0.5, 0.6) is 0 Å². The van der Waals surface area contributed by atoms with Crippen LogP contribution in [0.3, 0.4) is 0 Å². The van der Waals surface area contributed by atoms with Gasteiger partial charge in [0.2, 0.25) is 5.91 Å². The smallest absolute Gasteiger partial charge is 0.232 e. The summed E-state index contributed by atoms with van der Waals surface area (Å²) in [7, 11) is 0.